The Hall–Kier alpha value is -1.64. The molecule has 0 aliphatic heterocycles. The summed E-state index contributed by atoms with van der Waals surface area (Å²) in [6.07, 6.45) is -0.0176. The molecule has 0 bridgehead atoms. The zero-order chi connectivity index (χ0) is 21.4. The van der Waals surface area contributed by atoms with Crippen molar-refractivity contribution < 1.29 is 31.7 Å². The lowest BCUT2D eigenvalue weighted by molar-refractivity contribution is -0.870. The topological polar surface area (TPSA) is 92.7 Å². The van der Waals surface area contributed by atoms with E-state index in [0.717, 1.165) is 22.2 Å². The number of rotatable bonds is 6. The SMILES string of the molecule is CC(C)c1cccc(C(C)C)c1OC(=O)OCC[N+](C)(C)C.CS(=O)(=O)[O-]. The van der Waals surface area contributed by atoms with Gasteiger partial charge in [-0.2, -0.15) is 0 Å². The third kappa shape index (κ3) is 12.4. The Bertz CT molecular complexity index is 671. The van der Waals surface area contributed by atoms with Gasteiger partial charge in [0.25, 0.3) is 0 Å². The van der Waals surface area contributed by atoms with E-state index in [4.69, 9.17) is 22.4 Å². The zero-order valence-corrected chi connectivity index (χ0v) is 18.4. The van der Waals surface area contributed by atoms with Crippen LogP contribution in [0.1, 0.15) is 50.7 Å². The van der Waals surface area contributed by atoms with Gasteiger partial charge in [-0.25, -0.2) is 13.2 Å². The van der Waals surface area contributed by atoms with E-state index < -0.39 is 16.3 Å². The quantitative estimate of drug-likeness (QED) is 0.313. The van der Waals surface area contributed by atoms with Crippen molar-refractivity contribution in [3.05, 3.63) is 29.3 Å². The van der Waals surface area contributed by atoms with Crippen LogP contribution < -0.4 is 4.74 Å². The van der Waals surface area contributed by atoms with Crippen molar-refractivity contribution in [3.63, 3.8) is 0 Å². The predicted molar refractivity (Wildman–Crippen MR) is 105 cm³/mol. The molecule has 0 spiro atoms. The highest BCUT2D eigenvalue weighted by atomic mass is 32.2. The molecule has 27 heavy (non-hydrogen) atoms. The molecule has 0 unspecified atom stereocenters. The van der Waals surface area contributed by atoms with Gasteiger partial charge in [0.2, 0.25) is 0 Å². The van der Waals surface area contributed by atoms with Crippen LogP contribution in [0, 0.1) is 0 Å². The van der Waals surface area contributed by atoms with Crippen LogP contribution in [0.25, 0.3) is 0 Å². The van der Waals surface area contributed by atoms with E-state index in [2.05, 4.69) is 48.8 Å². The van der Waals surface area contributed by atoms with Gasteiger partial charge in [0.15, 0.2) is 0 Å². The lowest BCUT2D eigenvalue weighted by atomic mass is 9.94. The van der Waals surface area contributed by atoms with Gasteiger partial charge in [0.1, 0.15) is 18.9 Å². The van der Waals surface area contributed by atoms with Crippen LogP contribution in [0.15, 0.2) is 18.2 Å². The molecule has 1 aromatic rings. The number of hydrogen-bond acceptors (Lipinski definition) is 6. The van der Waals surface area contributed by atoms with Crippen LogP contribution in [0.5, 0.6) is 5.75 Å². The van der Waals surface area contributed by atoms with Crippen molar-refractivity contribution in [2.75, 3.05) is 40.6 Å². The fourth-order valence-corrected chi connectivity index (χ4v) is 2.12. The van der Waals surface area contributed by atoms with Crippen molar-refractivity contribution in [2.45, 2.75) is 39.5 Å². The number of carbonyl (C=O) groups excluding carboxylic acids is 1. The number of benzene rings is 1. The summed E-state index contributed by atoms with van der Waals surface area (Å²) >= 11 is 0. The summed E-state index contributed by atoms with van der Waals surface area (Å²) in [5, 5.41) is 0. The molecule has 1 rings (SSSR count). The summed E-state index contributed by atoms with van der Waals surface area (Å²) in [7, 11) is 2.25. The first-order valence-corrected chi connectivity index (χ1v) is 10.6. The molecule has 7 nitrogen and oxygen atoms in total. The van der Waals surface area contributed by atoms with E-state index in [9.17, 15) is 4.79 Å². The molecule has 0 saturated carbocycles. The lowest BCUT2D eigenvalue weighted by Crippen LogP contribution is -2.38. The standard InChI is InChI=1S/C18H30NO3.CH4O3S/c1-13(2)15-9-8-10-16(14(3)4)17(15)22-18(20)21-12-11-19(5,6)7;1-5(2,3)4/h8-10,13-14H,11-12H2,1-7H3;1H3,(H,2,3,4)/q+1;/p-1. The second-order valence-corrected chi connectivity index (χ2v) is 9.40. The molecule has 0 radical (unpaired) electrons. The monoisotopic (exact) mass is 403 g/mol. The minimum Gasteiger partial charge on any atom is -0.748 e. The van der Waals surface area contributed by atoms with Crippen molar-refractivity contribution in [2.24, 2.45) is 0 Å². The van der Waals surface area contributed by atoms with Gasteiger partial charge >= 0.3 is 6.16 Å². The normalized spacial score (nSPS) is 11.8. The fourth-order valence-electron chi connectivity index (χ4n) is 2.12. The average molecular weight is 404 g/mol. The van der Waals surface area contributed by atoms with E-state index in [1.54, 1.807) is 0 Å². The van der Waals surface area contributed by atoms with Gasteiger partial charge in [-0.3, -0.25) is 0 Å². The minimum atomic E-state index is -3.92. The number of hydrogen-bond donors (Lipinski definition) is 0. The molecule has 0 amide bonds. The van der Waals surface area contributed by atoms with Crippen LogP contribution in [-0.4, -0.2) is 64.2 Å². The van der Waals surface area contributed by atoms with E-state index >= 15 is 0 Å². The highest BCUT2D eigenvalue weighted by Gasteiger charge is 2.19. The second kappa shape index (κ2) is 10.6. The van der Waals surface area contributed by atoms with Gasteiger partial charge in [0, 0.05) is 6.26 Å². The van der Waals surface area contributed by atoms with Crippen molar-refractivity contribution in [3.8, 4) is 5.75 Å². The Morgan fingerprint density at radius 2 is 1.48 bits per heavy atom. The fraction of sp³-hybridized carbons (Fsp3) is 0.632. The zero-order valence-electron chi connectivity index (χ0n) is 17.6. The molecule has 0 heterocycles. The lowest BCUT2D eigenvalue weighted by Gasteiger charge is -2.23. The van der Waals surface area contributed by atoms with Crippen molar-refractivity contribution in [1.82, 2.24) is 0 Å². The summed E-state index contributed by atoms with van der Waals surface area (Å²) in [5.41, 5.74) is 2.07. The summed E-state index contributed by atoms with van der Waals surface area (Å²) < 4.78 is 38.7. The average Bonchev–Trinajstić information content (AvgIpc) is 2.43. The largest absolute Gasteiger partial charge is 0.748 e. The molecular weight excluding hydrogens is 370 g/mol. The van der Waals surface area contributed by atoms with Gasteiger partial charge < -0.3 is 18.5 Å². The number of likely N-dealkylation sites (N-methyl/N-ethyl adjacent to an activating group) is 1. The first-order chi connectivity index (χ1) is 12.1. The predicted octanol–water partition coefficient (Wildman–Crippen LogP) is 3.32. The molecular formula is C19H33NO6S. The minimum absolute atomic E-state index is 0.285. The Morgan fingerprint density at radius 1 is 1.07 bits per heavy atom. The second-order valence-electron chi connectivity index (χ2n) is 7.99. The third-order valence-corrected chi connectivity index (χ3v) is 3.49. The summed E-state index contributed by atoms with van der Waals surface area (Å²) in [6.45, 7) is 9.47. The summed E-state index contributed by atoms with van der Waals surface area (Å²) in [6, 6.07) is 6.02. The summed E-state index contributed by atoms with van der Waals surface area (Å²) in [4.78, 5) is 12.0. The van der Waals surface area contributed by atoms with Crippen molar-refractivity contribution in [1.29, 1.82) is 0 Å². The molecule has 0 N–H and O–H groups in total. The third-order valence-electron chi connectivity index (χ3n) is 3.49. The highest BCUT2D eigenvalue weighted by molar-refractivity contribution is 7.84. The van der Waals surface area contributed by atoms with Crippen LogP contribution in [0.4, 0.5) is 4.79 Å². The Labute approximate surface area is 163 Å². The van der Waals surface area contributed by atoms with Crippen LogP contribution in [0.2, 0.25) is 0 Å². The first-order valence-electron chi connectivity index (χ1n) is 8.80. The van der Waals surface area contributed by atoms with E-state index in [0.29, 0.717) is 18.6 Å². The first kappa shape index (κ1) is 25.4. The maximum atomic E-state index is 12.0. The van der Waals surface area contributed by atoms with Gasteiger partial charge in [-0.05, 0) is 23.0 Å². The van der Waals surface area contributed by atoms with Crippen LogP contribution >= 0.6 is 0 Å². The van der Waals surface area contributed by atoms with E-state index in [1.165, 1.54) is 0 Å². The Kier molecular flexibility index (Phi) is 9.99. The molecule has 0 fully saturated rings. The van der Waals surface area contributed by atoms with E-state index in [1.807, 2.05) is 18.2 Å². The van der Waals surface area contributed by atoms with Gasteiger partial charge in [0.05, 0.1) is 31.3 Å². The van der Waals surface area contributed by atoms with E-state index in [-0.39, 0.29) is 11.8 Å². The highest BCUT2D eigenvalue weighted by Crippen LogP contribution is 2.34. The molecule has 8 heteroatoms. The Morgan fingerprint density at radius 3 is 1.81 bits per heavy atom. The summed E-state index contributed by atoms with van der Waals surface area (Å²) in [5.74, 6) is 1.23. The molecule has 0 aliphatic rings. The number of carbonyl (C=O) groups is 1. The molecule has 156 valence electrons. The molecule has 0 aromatic heterocycles. The van der Waals surface area contributed by atoms with Crippen LogP contribution in [0.3, 0.4) is 0 Å². The Balaban J connectivity index is 0.00000119. The number of nitrogens with zero attached hydrogens (tertiary/aromatic N) is 1. The molecule has 1 aromatic carbocycles. The van der Waals surface area contributed by atoms with Gasteiger partial charge in [-0.15, -0.1) is 0 Å². The number of ether oxygens (including phenoxy) is 2. The number of para-hydroxylation sites is 1. The smallest absolute Gasteiger partial charge is 0.514 e. The maximum Gasteiger partial charge on any atom is 0.514 e. The molecule has 0 atom stereocenters. The molecule has 0 aliphatic carbocycles. The molecule has 0 saturated heterocycles. The van der Waals surface area contributed by atoms with Crippen molar-refractivity contribution >= 4 is 16.3 Å². The van der Waals surface area contributed by atoms with Gasteiger partial charge in [-0.1, -0.05) is 45.9 Å². The van der Waals surface area contributed by atoms with Crippen LogP contribution in [-0.2, 0) is 14.9 Å². The number of quaternary nitrogens is 1. The maximum absolute atomic E-state index is 12.0.